The summed E-state index contributed by atoms with van der Waals surface area (Å²) in [4.78, 5) is 16.1. The monoisotopic (exact) mass is 905 g/mol. The average molecular weight is 906 g/mol. The highest BCUT2D eigenvalue weighted by atomic mass is 15.1. The zero-order valence-electron chi connectivity index (χ0n) is 38.1. The molecule has 0 spiro atoms. The summed E-state index contributed by atoms with van der Waals surface area (Å²) in [7, 11) is 0. The summed E-state index contributed by atoms with van der Waals surface area (Å²) in [6.45, 7) is 0. The minimum absolute atomic E-state index is 0.459. The zero-order chi connectivity index (χ0) is 47.0. The highest BCUT2D eigenvalue weighted by Crippen LogP contribution is 2.44. The maximum absolute atomic E-state index is 10.6. The third-order valence-electron chi connectivity index (χ3n) is 13.9. The third-order valence-corrected chi connectivity index (χ3v) is 13.9. The lowest BCUT2D eigenvalue weighted by atomic mass is 10.0. The minimum Gasteiger partial charge on any atom is -0.309 e. The van der Waals surface area contributed by atoms with Crippen LogP contribution in [-0.4, -0.2) is 28.7 Å². The van der Waals surface area contributed by atoms with E-state index in [-0.39, 0.29) is 0 Å². The second-order valence-corrected chi connectivity index (χ2v) is 17.9. The van der Waals surface area contributed by atoms with Gasteiger partial charge in [-0.1, -0.05) is 152 Å². The van der Waals surface area contributed by atoms with E-state index >= 15 is 0 Å². The zero-order valence-corrected chi connectivity index (χ0v) is 38.1. The second kappa shape index (κ2) is 16.1. The van der Waals surface area contributed by atoms with Crippen molar-refractivity contribution >= 4 is 65.4 Å². The van der Waals surface area contributed by atoms with E-state index in [9.17, 15) is 5.26 Å². The van der Waals surface area contributed by atoms with Gasteiger partial charge in [0.25, 0.3) is 0 Å². The van der Waals surface area contributed by atoms with Gasteiger partial charge >= 0.3 is 0 Å². The standard InChI is InChI=1S/C64H39N7/c65-40-41-28-35-58(71-55-26-14-10-22-48(55)50-34-37-59-60(61(50)71)51-24-12-15-27-56(51)70(59)47-20-8-3-9-21-47)53(38-41)64-67-62(44-31-29-43(30-32-44)42-16-4-1-5-17-42)66-63(68-64)45-33-36-57-52(39-45)49-23-11-13-25-54(49)69(57)46-18-6-2-7-19-46/h1-39H. The van der Waals surface area contributed by atoms with Crippen LogP contribution in [0.3, 0.4) is 0 Å². The smallest absolute Gasteiger partial charge is 0.166 e. The number of nitrogens with zero attached hydrogens (tertiary/aromatic N) is 7. The molecule has 330 valence electrons. The van der Waals surface area contributed by atoms with Crippen LogP contribution in [0.5, 0.6) is 0 Å². The molecule has 0 saturated carbocycles. The van der Waals surface area contributed by atoms with Gasteiger partial charge in [0.1, 0.15) is 0 Å². The number of fused-ring (bicyclic) bond motifs is 10. The largest absolute Gasteiger partial charge is 0.309 e. The fourth-order valence-corrected chi connectivity index (χ4v) is 10.8. The topological polar surface area (TPSA) is 77.2 Å². The Labute approximate surface area is 408 Å². The van der Waals surface area contributed by atoms with Crippen molar-refractivity contribution in [3.63, 3.8) is 0 Å². The van der Waals surface area contributed by atoms with Crippen LogP contribution < -0.4 is 0 Å². The van der Waals surface area contributed by atoms with E-state index in [1.165, 1.54) is 0 Å². The molecule has 14 aromatic rings. The van der Waals surface area contributed by atoms with Crippen molar-refractivity contribution in [3.05, 3.63) is 242 Å². The molecule has 0 bridgehead atoms. The van der Waals surface area contributed by atoms with Gasteiger partial charge in [-0.2, -0.15) is 5.26 Å². The summed E-state index contributed by atoms with van der Waals surface area (Å²) in [6.07, 6.45) is 0. The Hall–Kier alpha value is -9.90. The van der Waals surface area contributed by atoms with E-state index < -0.39 is 0 Å². The molecule has 0 radical (unpaired) electrons. The molecule has 0 fully saturated rings. The molecule has 0 aliphatic rings. The molecule has 4 aromatic heterocycles. The molecular formula is C64H39N7. The van der Waals surface area contributed by atoms with Crippen LogP contribution in [0.2, 0.25) is 0 Å². The molecule has 7 heteroatoms. The van der Waals surface area contributed by atoms with Gasteiger partial charge in [-0.15, -0.1) is 0 Å². The molecule has 0 aliphatic carbocycles. The van der Waals surface area contributed by atoms with Crippen LogP contribution in [0, 0.1) is 11.3 Å². The Kier molecular flexibility index (Phi) is 9.13. The average Bonchev–Trinajstić information content (AvgIpc) is 4.09. The first kappa shape index (κ1) is 40.2. The molecular weight excluding hydrogens is 867 g/mol. The van der Waals surface area contributed by atoms with E-state index in [4.69, 9.17) is 15.0 Å². The first-order valence-corrected chi connectivity index (χ1v) is 23.7. The summed E-state index contributed by atoms with van der Waals surface area (Å²) in [6, 6.07) is 84.9. The first-order chi connectivity index (χ1) is 35.2. The van der Waals surface area contributed by atoms with Gasteiger partial charge in [0.05, 0.1) is 50.4 Å². The second-order valence-electron chi connectivity index (χ2n) is 17.9. The number of aromatic nitrogens is 6. The summed E-state index contributed by atoms with van der Waals surface area (Å²) >= 11 is 0. The van der Waals surface area contributed by atoms with E-state index in [1.807, 2.05) is 24.3 Å². The Balaban J connectivity index is 1.04. The molecule has 0 saturated heterocycles. The normalized spacial score (nSPS) is 11.6. The van der Waals surface area contributed by atoms with Crippen molar-refractivity contribution in [1.82, 2.24) is 28.7 Å². The van der Waals surface area contributed by atoms with Gasteiger partial charge in [-0.25, -0.2) is 15.0 Å². The molecule has 4 heterocycles. The maximum atomic E-state index is 10.6. The quantitative estimate of drug-likeness (QED) is 0.160. The van der Waals surface area contributed by atoms with Crippen molar-refractivity contribution in [2.24, 2.45) is 0 Å². The van der Waals surface area contributed by atoms with E-state index in [2.05, 4.69) is 232 Å². The van der Waals surface area contributed by atoms with E-state index in [1.54, 1.807) is 0 Å². The predicted molar refractivity (Wildman–Crippen MR) is 289 cm³/mol. The van der Waals surface area contributed by atoms with Gasteiger partial charge in [-0.3, -0.25) is 0 Å². The molecule has 14 rings (SSSR count). The van der Waals surface area contributed by atoms with E-state index in [0.29, 0.717) is 28.6 Å². The summed E-state index contributed by atoms with van der Waals surface area (Å²) in [5.74, 6) is 1.51. The molecule has 10 aromatic carbocycles. The molecule has 0 N–H and O–H groups in total. The van der Waals surface area contributed by atoms with Crippen LogP contribution in [0.1, 0.15) is 5.56 Å². The van der Waals surface area contributed by atoms with Crippen LogP contribution >= 0.6 is 0 Å². The van der Waals surface area contributed by atoms with Gasteiger partial charge < -0.3 is 13.7 Å². The Morgan fingerprint density at radius 3 is 1.48 bits per heavy atom. The number of hydrogen-bond donors (Lipinski definition) is 0. The van der Waals surface area contributed by atoms with Crippen LogP contribution in [0.25, 0.3) is 128 Å². The van der Waals surface area contributed by atoms with Crippen molar-refractivity contribution in [2.45, 2.75) is 0 Å². The van der Waals surface area contributed by atoms with Crippen molar-refractivity contribution in [3.8, 4) is 68.4 Å². The SMILES string of the molecule is N#Cc1ccc(-n2c3ccccc3c3ccc4c(c5ccccc5n4-c4ccccc4)c32)c(-c2nc(-c3ccc(-c4ccccc4)cc3)nc(-c3ccc4c(c3)c3ccccc3n4-c3ccccc3)n2)c1. The highest BCUT2D eigenvalue weighted by molar-refractivity contribution is 6.26. The number of rotatable bonds is 7. The van der Waals surface area contributed by atoms with Crippen molar-refractivity contribution in [2.75, 3.05) is 0 Å². The summed E-state index contributed by atoms with van der Waals surface area (Å²) < 4.78 is 7.02. The first-order valence-electron chi connectivity index (χ1n) is 23.7. The van der Waals surface area contributed by atoms with Crippen molar-refractivity contribution in [1.29, 1.82) is 5.26 Å². The van der Waals surface area contributed by atoms with Gasteiger partial charge in [0.15, 0.2) is 17.5 Å². The Morgan fingerprint density at radius 2 is 0.803 bits per heavy atom. The Morgan fingerprint density at radius 1 is 0.324 bits per heavy atom. The number of benzene rings is 10. The molecule has 71 heavy (non-hydrogen) atoms. The highest BCUT2D eigenvalue weighted by Gasteiger charge is 2.24. The van der Waals surface area contributed by atoms with Crippen LogP contribution in [0.15, 0.2) is 237 Å². The molecule has 7 nitrogen and oxygen atoms in total. The molecule has 0 aliphatic heterocycles. The van der Waals surface area contributed by atoms with Gasteiger partial charge in [-0.05, 0) is 96.1 Å². The van der Waals surface area contributed by atoms with Gasteiger partial charge in [0.2, 0.25) is 0 Å². The minimum atomic E-state index is 0.459. The Bertz CT molecular complexity index is 4450. The van der Waals surface area contributed by atoms with Crippen molar-refractivity contribution < 1.29 is 0 Å². The van der Waals surface area contributed by atoms with E-state index in [0.717, 1.165) is 105 Å². The number of nitriles is 1. The molecule has 0 amide bonds. The maximum Gasteiger partial charge on any atom is 0.166 e. The summed E-state index contributed by atoms with van der Waals surface area (Å²) in [5.41, 5.74) is 14.7. The fourth-order valence-electron chi connectivity index (χ4n) is 10.8. The molecule has 0 unspecified atom stereocenters. The molecule has 0 atom stereocenters. The predicted octanol–water partition coefficient (Wildman–Crippen LogP) is 15.7. The summed E-state index contributed by atoms with van der Waals surface area (Å²) in [5, 5.41) is 17.3. The lowest BCUT2D eigenvalue weighted by Gasteiger charge is -2.16. The number of hydrogen-bond acceptors (Lipinski definition) is 4. The van der Waals surface area contributed by atoms with Crippen LogP contribution in [0.4, 0.5) is 0 Å². The van der Waals surface area contributed by atoms with Crippen LogP contribution in [-0.2, 0) is 0 Å². The lowest BCUT2D eigenvalue weighted by molar-refractivity contribution is 1.06. The fraction of sp³-hybridized carbons (Fsp3) is 0. The van der Waals surface area contributed by atoms with Gasteiger partial charge in [0, 0.05) is 60.4 Å². The lowest BCUT2D eigenvalue weighted by Crippen LogP contribution is -2.04. The third kappa shape index (κ3) is 6.40. The number of para-hydroxylation sites is 5.